The molecule has 0 aliphatic carbocycles. The highest BCUT2D eigenvalue weighted by Crippen LogP contribution is 2.06. The van der Waals surface area contributed by atoms with E-state index in [9.17, 15) is 9.59 Å². The van der Waals surface area contributed by atoms with Crippen LogP contribution in [0, 0.1) is 0 Å². The van der Waals surface area contributed by atoms with E-state index in [1.54, 1.807) is 11.8 Å². The molecular weight excluding hydrogens is 220 g/mol. The van der Waals surface area contributed by atoms with E-state index in [1.807, 2.05) is 27.7 Å². The van der Waals surface area contributed by atoms with Gasteiger partial charge in [-0.05, 0) is 34.1 Å². The molecular formula is C12H24N2O3. The highest BCUT2D eigenvalue weighted by atomic mass is 16.4. The third kappa shape index (κ3) is 5.68. The van der Waals surface area contributed by atoms with E-state index in [0.29, 0.717) is 0 Å². The molecule has 0 aromatic carbocycles. The maximum atomic E-state index is 11.9. The lowest BCUT2D eigenvalue weighted by atomic mass is 10.1. The summed E-state index contributed by atoms with van der Waals surface area (Å²) in [5.74, 6) is -1.03. The van der Waals surface area contributed by atoms with E-state index in [4.69, 9.17) is 5.11 Å². The van der Waals surface area contributed by atoms with Crippen LogP contribution in [0.5, 0.6) is 0 Å². The maximum Gasteiger partial charge on any atom is 0.317 e. The molecule has 0 saturated carbocycles. The molecule has 17 heavy (non-hydrogen) atoms. The van der Waals surface area contributed by atoms with Gasteiger partial charge in [0, 0.05) is 12.1 Å². The van der Waals surface area contributed by atoms with Gasteiger partial charge in [-0.3, -0.25) is 14.5 Å². The van der Waals surface area contributed by atoms with Gasteiger partial charge in [0.25, 0.3) is 0 Å². The fourth-order valence-corrected chi connectivity index (χ4v) is 1.54. The number of carboxylic acids is 1. The largest absolute Gasteiger partial charge is 0.480 e. The maximum absolute atomic E-state index is 11.9. The second-order valence-electron chi connectivity index (χ2n) is 4.65. The van der Waals surface area contributed by atoms with Gasteiger partial charge in [0.2, 0.25) is 5.91 Å². The van der Waals surface area contributed by atoms with Gasteiger partial charge in [-0.1, -0.05) is 6.92 Å². The molecule has 0 spiro atoms. The molecule has 2 atom stereocenters. The van der Waals surface area contributed by atoms with Crippen LogP contribution >= 0.6 is 0 Å². The highest BCUT2D eigenvalue weighted by molar-refractivity contribution is 5.82. The van der Waals surface area contributed by atoms with Crippen LogP contribution in [0.25, 0.3) is 0 Å². The second kappa shape index (κ2) is 7.27. The topological polar surface area (TPSA) is 69.6 Å². The zero-order valence-electron chi connectivity index (χ0n) is 11.4. The van der Waals surface area contributed by atoms with Crippen molar-refractivity contribution in [1.29, 1.82) is 0 Å². The number of nitrogens with zero attached hydrogens (tertiary/aromatic N) is 1. The third-order valence-electron chi connectivity index (χ3n) is 2.86. The lowest BCUT2D eigenvalue weighted by Gasteiger charge is -2.30. The first-order chi connectivity index (χ1) is 7.79. The van der Waals surface area contributed by atoms with E-state index >= 15 is 0 Å². The second-order valence-corrected chi connectivity index (χ2v) is 4.65. The van der Waals surface area contributed by atoms with Crippen molar-refractivity contribution in [2.75, 3.05) is 6.54 Å². The Morgan fingerprint density at radius 1 is 1.24 bits per heavy atom. The summed E-state index contributed by atoms with van der Waals surface area (Å²) in [5, 5.41) is 11.7. The highest BCUT2D eigenvalue weighted by Gasteiger charge is 2.25. The predicted molar refractivity (Wildman–Crippen MR) is 66.8 cm³/mol. The van der Waals surface area contributed by atoms with Crippen LogP contribution in [0.3, 0.4) is 0 Å². The van der Waals surface area contributed by atoms with Gasteiger partial charge in [-0.15, -0.1) is 0 Å². The first-order valence-corrected chi connectivity index (χ1v) is 6.07. The van der Waals surface area contributed by atoms with Crippen molar-refractivity contribution in [3.8, 4) is 0 Å². The Morgan fingerprint density at radius 3 is 2.12 bits per heavy atom. The minimum Gasteiger partial charge on any atom is -0.480 e. The minimum atomic E-state index is -0.915. The van der Waals surface area contributed by atoms with Crippen LogP contribution in [0.1, 0.15) is 41.0 Å². The summed E-state index contributed by atoms with van der Waals surface area (Å²) in [5.41, 5.74) is 0. The number of hydrogen-bond acceptors (Lipinski definition) is 3. The Balaban J connectivity index is 4.54. The van der Waals surface area contributed by atoms with Gasteiger partial charge in [0.05, 0.1) is 12.6 Å². The Bertz CT molecular complexity index is 266. The average molecular weight is 244 g/mol. The summed E-state index contributed by atoms with van der Waals surface area (Å²) in [6.45, 7) is 9.31. The van der Waals surface area contributed by atoms with Crippen molar-refractivity contribution in [3.63, 3.8) is 0 Å². The quantitative estimate of drug-likeness (QED) is 0.703. The first kappa shape index (κ1) is 15.9. The normalized spacial score (nSPS) is 14.8. The van der Waals surface area contributed by atoms with Gasteiger partial charge in [0.15, 0.2) is 0 Å². The molecule has 0 bridgehead atoms. The Morgan fingerprint density at radius 2 is 1.76 bits per heavy atom. The summed E-state index contributed by atoms with van der Waals surface area (Å²) in [4.78, 5) is 24.3. The van der Waals surface area contributed by atoms with E-state index < -0.39 is 12.0 Å². The van der Waals surface area contributed by atoms with Crippen LogP contribution in [0.2, 0.25) is 0 Å². The molecule has 0 fully saturated rings. The van der Waals surface area contributed by atoms with Crippen molar-refractivity contribution in [1.82, 2.24) is 10.2 Å². The van der Waals surface area contributed by atoms with E-state index in [-0.39, 0.29) is 24.5 Å². The molecule has 2 N–H and O–H groups in total. The number of rotatable bonds is 7. The summed E-state index contributed by atoms with van der Waals surface area (Å²) in [6.07, 6.45) is 0.860. The van der Waals surface area contributed by atoms with Crippen LogP contribution in [0.4, 0.5) is 0 Å². The van der Waals surface area contributed by atoms with Crippen molar-refractivity contribution < 1.29 is 14.7 Å². The third-order valence-corrected chi connectivity index (χ3v) is 2.86. The Hall–Kier alpha value is -1.10. The van der Waals surface area contributed by atoms with Gasteiger partial charge >= 0.3 is 5.97 Å². The first-order valence-electron chi connectivity index (χ1n) is 6.07. The van der Waals surface area contributed by atoms with E-state index in [0.717, 1.165) is 6.42 Å². The zero-order chi connectivity index (χ0) is 13.6. The van der Waals surface area contributed by atoms with Crippen molar-refractivity contribution in [2.24, 2.45) is 0 Å². The number of amides is 1. The average Bonchev–Trinajstić information content (AvgIpc) is 2.23. The Labute approximate surface area is 103 Å². The molecule has 0 radical (unpaired) electrons. The van der Waals surface area contributed by atoms with Gasteiger partial charge in [-0.25, -0.2) is 0 Å². The van der Waals surface area contributed by atoms with Crippen molar-refractivity contribution in [2.45, 2.75) is 59.2 Å². The monoisotopic (exact) mass is 244 g/mol. The molecule has 5 heteroatoms. The summed E-state index contributed by atoms with van der Waals surface area (Å²) in [6, 6.07) is -0.298. The molecule has 0 aromatic rings. The van der Waals surface area contributed by atoms with Gasteiger partial charge in [-0.2, -0.15) is 0 Å². The van der Waals surface area contributed by atoms with Crippen LogP contribution in [-0.2, 0) is 9.59 Å². The molecule has 0 aromatic heterocycles. The molecule has 1 amide bonds. The van der Waals surface area contributed by atoms with Crippen LogP contribution in [-0.4, -0.2) is 46.6 Å². The molecule has 0 saturated heterocycles. The lowest BCUT2D eigenvalue weighted by molar-refractivity contribution is -0.140. The fraction of sp³-hybridized carbons (Fsp3) is 0.833. The SMILES string of the molecule is CCC(C)NC(=O)C(C)N(CC(=O)O)C(C)C. The Kier molecular flexibility index (Phi) is 6.80. The molecule has 2 unspecified atom stereocenters. The number of carboxylic acid groups (broad SMARTS) is 1. The standard InChI is InChI=1S/C12H24N2O3/c1-6-9(4)13-12(17)10(5)14(8(2)3)7-11(15)16/h8-10H,6-7H2,1-5H3,(H,13,17)(H,15,16). The molecule has 0 aliphatic heterocycles. The fourth-order valence-electron chi connectivity index (χ4n) is 1.54. The smallest absolute Gasteiger partial charge is 0.317 e. The van der Waals surface area contributed by atoms with Crippen molar-refractivity contribution in [3.05, 3.63) is 0 Å². The van der Waals surface area contributed by atoms with Crippen LogP contribution < -0.4 is 5.32 Å². The zero-order valence-corrected chi connectivity index (χ0v) is 11.4. The number of nitrogens with one attached hydrogen (secondary N) is 1. The summed E-state index contributed by atoms with van der Waals surface area (Å²) in [7, 11) is 0. The molecule has 100 valence electrons. The van der Waals surface area contributed by atoms with Gasteiger partial charge < -0.3 is 10.4 Å². The predicted octanol–water partition coefficient (Wildman–Crippen LogP) is 1.08. The van der Waals surface area contributed by atoms with E-state index in [2.05, 4.69) is 5.32 Å². The lowest BCUT2D eigenvalue weighted by Crippen LogP contribution is -2.51. The number of carbonyl (C=O) groups is 2. The number of hydrogen-bond donors (Lipinski definition) is 2. The summed E-state index contributed by atoms with van der Waals surface area (Å²) < 4.78 is 0. The van der Waals surface area contributed by atoms with Crippen LogP contribution in [0.15, 0.2) is 0 Å². The van der Waals surface area contributed by atoms with Crippen molar-refractivity contribution >= 4 is 11.9 Å². The molecule has 0 rings (SSSR count). The molecule has 0 aliphatic rings. The number of aliphatic carboxylic acids is 1. The molecule has 5 nitrogen and oxygen atoms in total. The van der Waals surface area contributed by atoms with E-state index in [1.165, 1.54) is 0 Å². The van der Waals surface area contributed by atoms with Gasteiger partial charge in [0.1, 0.15) is 0 Å². The number of carbonyl (C=O) groups excluding carboxylic acids is 1. The molecule has 0 heterocycles. The minimum absolute atomic E-state index is 0.0174. The summed E-state index contributed by atoms with van der Waals surface area (Å²) >= 11 is 0.